The summed E-state index contributed by atoms with van der Waals surface area (Å²) in [4.78, 5) is 12.0. The van der Waals surface area contributed by atoms with Gasteiger partial charge in [-0.2, -0.15) is 13.2 Å². The first-order valence-corrected chi connectivity index (χ1v) is 5.62. The summed E-state index contributed by atoms with van der Waals surface area (Å²) < 4.78 is 62.8. The molecule has 0 saturated heterocycles. The zero-order valence-electron chi connectivity index (χ0n) is 10.3. The number of benzene rings is 1. The minimum absolute atomic E-state index is 0.207. The number of aliphatic hydroxyl groups excluding tert-OH is 1. The molecule has 8 heteroatoms. The van der Waals surface area contributed by atoms with Gasteiger partial charge in [-0.05, 0) is 11.6 Å². The first-order chi connectivity index (χ1) is 9.23. The van der Waals surface area contributed by atoms with Crippen LogP contribution in [0.2, 0.25) is 0 Å². The summed E-state index contributed by atoms with van der Waals surface area (Å²) in [6.07, 6.45) is -5.26. The number of aliphatic hydroxyl groups is 1. The molecule has 0 heterocycles. The quantitative estimate of drug-likeness (QED) is 0.843. The van der Waals surface area contributed by atoms with Crippen LogP contribution in [0.25, 0.3) is 0 Å². The number of carbonyl (C=O) groups excluding carboxylic acids is 1. The van der Waals surface area contributed by atoms with E-state index in [9.17, 15) is 26.7 Å². The Balaban J connectivity index is 2.80. The smallest absolute Gasteiger partial charge is 0.395 e. The second-order valence-electron chi connectivity index (χ2n) is 4.07. The number of alkyl halides is 3. The maximum atomic E-state index is 13.3. The predicted octanol–water partition coefficient (Wildman–Crippen LogP) is 1.89. The van der Waals surface area contributed by atoms with E-state index < -0.39 is 49.8 Å². The molecule has 1 N–H and O–H groups in total. The Morgan fingerprint density at radius 3 is 2.40 bits per heavy atom. The van der Waals surface area contributed by atoms with Crippen molar-refractivity contribution in [2.75, 3.05) is 19.7 Å². The van der Waals surface area contributed by atoms with Crippen molar-refractivity contribution in [2.24, 2.45) is 0 Å². The normalized spacial score (nSPS) is 11.5. The summed E-state index contributed by atoms with van der Waals surface area (Å²) >= 11 is 0. The van der Waals surface area contributed by atoms with Crippen LogP contribution in [0, 0.1) is 11.6 Å². The lowest BCUT2D eigenvalue weighted by Crippen LogP contribution is -2.41. The molecule has 0 atom stereocenters. The summed E-state index contributed by atoms with van der Waals surface area (Å²) in [5.74, 6) is -2.85. The van der Waals surface area contributed by atoms with Crippen molar-refractivity contribution in [3.63, 3.8) is 0 Å². The number of amides is 1. The van der Waals surface area contributed by atoms with Gasteiger partial charge in [-0.3, -0.25) is 4.79 Å². The molecule has 20 heavy (non-hydrogen) atoms. The van der Waals surface area contributed by atoms with E-state index in [1.54, 1.807) is 0 Å². The van der Waals surface area contributed by atoms with E-state index in [-0.39, 0.29) is 5.56 Å². The number of nitrogens with zero attached hydrogens (tertiary/aromatic N) is 1. The van der Waals surface area contributed by atoms with E-state index in [4.69, 9.17) is 5.11 Å². The molecule has 0 radical (unpaired) electrons. The number of carbonyl (C=O) groups is 1. The molecule has 1 amide bonds. The molecule has 0 spiro atoms. The van der Waals surface area contributed by atoms with Gasteiger partial charge in [-0.1, -0.05) is 6.07 Å². The van der Waals surface area contributed by atoms with Gasteiger partial charge in [-0.15, -0.1) is 0 Å². The lowest BCUT2D eigenvalue weighted by molar-refractivity contribution is -0.161. The van der Waals surface area contributed by atoms with Crippen LogP contribution >= 0.6 is 0 Å². The highest BCUT2D eigenvalue weighted by atomic mass is 19.4. The van der Waals surface area contributed by atoms with Gasteiger partial charge < -0.3 is 10.0 Å². The van der Waals surface area contributed by atoms with Crippen LogP contribution in [0.1, 0.15) is 5.56 Å². The summed E-state index contributed by atoms with van der Waals surface area (Å²) in [6.45, 7) is -2.69. The van der Waals surface area contributed by atoms with Crippen LogP contribution in [0.4, 0.5) is 22.0 Å². The van der Waals surface area contributed by atoms with Gasteiger partial charge in [0.15, 0.2) is 0 Å². The van der Waals surface area contributed by atoms with Crippen molar-refractivity contribution in [3.8, 4) is 0 Å². The number of rotatable bonds is 5. The largest absolute Gasteiger partial charge is 0.406 e. The predicted molar refractivity (Wildman–Crippen MR) is 59.8 cm³/mol. The van der Waals surface area contributed by atoms with E-state index in [1.807, 2.05) is 0 Å². The molecule has 0 fully saturated rings. The minimum Gasteiger partial charge on any atom is -0.395 e. The number of hydrogen-bond acceptors (Lipinski definition) is 2. The van der Waals surface area contributed by atoms with E-state index >= 15 is 0 Å². The van der Waals surface area contributed by atoms with Crippen LogP contribution in [-0.2, 0) is 11.2 Å². The third-order valence-corrected chi connectivity index (χ3v) is 2.45. The topological polar surface area (TPSA) is 40.5 Å². The molecule has 1 aromatic rings. The molecule has 0 unspecified atom stereocenters. The maximum Gasteiger partial charge on any atom is 0.406 e. The maximum absolute atomic E-state index is 13.3. The van der Waals surface area contributed by atoms with Gasteiger partial charge in [-0.25, -0.2) is 8.78 Å². The standard InChI is InChI=1S/C12H12F5NO2/c13-9-2-1-8(10(14)6-9)5-11(20)18(3-4-19)7-12(15,16)17/h1-2,6,19H,3-5,7H2. The van der Waals surface area contributed by atoms with Crippen molar-refractivity contribution in [1.29, 1.82) is 0 Å². The highest BCUT2D eigenvalue weighted by Crippen LogP contribution is 2.18. The molecule has 0 aliphatic carbocycles. The van der Waals surface area contributed by atoms with Crippen LogP contribution in [0.15, 0.2) is 18.2 Å². The fourth-order valence-electron chi connectivity index (χ4n) is 1.57. The van der Waals surface area contributed by atoms with Crippen molar-refractivity contribution < 1.29 is 31.9 Å². The zero-order valence-corrected chi connectivity index (χ0v) is 10.3. The fourth-order valence-corrected chi connectivity index (χ4v) is 1.57. The molecule has 1 aromatic carbocycles. The molecule has 0 aliphatic heterocycles. The second-order valence-corrected chi connectivity index (χ2v) is 4.07. The first kappa shape index (κ1) is 16.4. The van der Waals surface area contributed by atoms with Crippen molar-refractivity contribution in [3.05, 3.63) is 35.4 Å². The molecule has 112 valence electrons. The second kappa shape index (κ2) is 6.65. The van der Waals surface area contributed by atoms with Gasteiger partial charge in [0.05, 0.1) is 13.0 Å². The van der Waals surface area contributed by atoms with E-state index in [1.165, 1.54) is 0 Å². The lowest BCUT2D eigenvalue weighted by Gasteiger charge is -2.23. The molecule has 3 nitrogen and oxygen atoms in total. The molecule has 0 bridgehead atoms. The van der Waals surface area contributed by atoms with Gasteiger partial charge in [0, 0.05) is 12.6 Å². The number of hydrogen-bond donors (Lipinski definition) is 1. The molecule has 1 rings (SSSR count). The van der Waals surface area contributed by atoms with Gasteiger partial charge in [0.2, 0.25) is 5.91 Å². The van der Waals surface area contributed by atoms with E-state index in [0.29, 0.717) is 11.0 Å². The first-order valence-electron chi connectivity index (χ1n) is 5.62. The molecule has 0 aromatic heterocycles. The van der Waals surface area contributed by atoms with Crippen molar-refractivity contribution in [2.45, 2.75) is 12.6 Å². The summed E-state index contributed by atoms with van der Waals surface area (Å²) in [6, 6.07) is 2.45. The van der Waals surface area contributed by atoms with Crippen LogP contribution in [-0.4, -0.2) is 41.8 Å². The van der Waals surface area contributed by atoms with Gasteiger partial charge in [0.1, 0.15) is 18.2 Å². The average molecular weight is 297 g/mol. The Morgan fingerprint density at radius 1 is 1.25 bits per heavy atom. The Labute approximate surface area is 111 Å². The van der Waals surface area contributed by atoms with Crippen LogP contribution in [0.5, 0.6) is 0 Å². The summed E-state index contributed by atoms with van der Waals surface area (Å²) in [5, 5.41) is 8.65. The van der Waals surface area contributed by atoms with Crippen LogP contribution < -0.4 is 0 Å². The van der Waals surface area contributed by atoms with Crippen molar-refractivity contribution >= 4 is 5.91 Å². The Bertz CT molecular complexity index is 475. The lowest BCUT2D eigenvalue weighted by atomic mass is 10.1. The Morgan fingerprint density at radius 2 is 1.90 bits per heavy atom. The third-order valence-electron chi connectivity index (χ3n) is 2.45. The third kappa shape index (κ3) is 5.12. The molecule has 0 aliphatic rings. The highest BCUT2D eigenvalue weighted by molar-refractivity contribution is 5.78. The van der Waals surface area contributed by atoms with Crippen molar-refractivity contribution in [1.82, 2.24) is 4.90 Å². The Kier molecular flexibility index (Phi) is 5.43. The molecular formula is C12H12F5NO2. The van der Waals surface area contributed by atoms with Gasteiger partial charge in [0.25, 0.3) is 0 Å². The minimum atomic E-state index is -4.62. The SMILES string of the molecule is O=C(Cc1ccc(F)cc1F)N(CCO)CC(F)(F)F. The summed E-state index contributed by atoms with van der Waals surface area (Å²) in [5.41, 5.74) is -0.207. The monoisotopic (exact) mass is 297 g/mol. The zero-order chi connectivity index (χ0) is 15.3. The van der Waals surface area contributed by atoms with Gasteiger partial charge >= 0.3 is 6.18 Å². The highest BCUT2D eigenvalue weighted by Gasteiger charge is 2.32. The number of halogens is 5. The Hall–Kier alpha value is -1.70. The van der Waals surface area contributed by atoms with E-state index in [2.05, 4.69) is 0 Å². The average Bonchev–Trinajstić information content (AvgIpc) is 2.30. The van der Waals surface area contributed by atoms with Crippen LogP contribution in [0.3, 0.4) is 0 Å². The summed E-state index contributed by atoms with van der Waals surface area (Å²) in [7, 11) is 0. The fraction of sp³-hybridized carbons (Fsp3) is 0.417. The molecular weight excluding hydrogens is 285 g/mol. The molecule has 0 saturated carbocycles. The van der Waals surface area contributed by atoms with E-state index in [0.717, 1.165) is 12.1 Å².